The highest BCUT2D eigenvalue weighted by atomic mass is 32.3. The lowest BCUT2D eigenvalue weighted by Crippen LogP contribution is -2.60. The summed E-state index contributed by atoms with van der Waals surface area (Å²) < 4.78 is 59.4. The molecule has 0 saturated carbocycles. The topological polar surface area (TPSA) is 178 Å². The minimum atomic E-state index is -5.07. The molecule has 12 nitrogen and oxygen atoms in total. The lowest BCUT2D eigenvalue weighted by molar-refractivity contribution is -0.301. The molecule has 0 amide bonds. The SMILES string of the molecule is CC/C=C\C/C=C\C/C=C\C/C=C\C/C=C\CCCCCCCC(=O)OC(COCCCCCCCCCCCCCCCCCCCCCCC)COC1OC(CO)C(O)C(OS(=O)(=O)O)C1O. The van der Waals surface area contributed by atoms with Gasteiger partial charge in [0.15, 0.2) is 6.29 Å². The molecule has 1 aliphatic heterocycles. The van der Waals surface area contributed by atoms with Crippen LogP contribution >= 0.6 is 0 Å². The van der Waals surface area contributed by atoms with Crippen molar-refractivity contribution in [2.75, 3.05) is 26.4 Å². The molecule has 0 spiro atoms. The summed E-state index contributed by atoms with van der Waals surface area (Å²) >= 11 is 0. The fraction of sp³-hybridized carbons (Fsp3) is 0.804. The maximum atomic E-state index is 12.9. The van der Waals surface area contributed by atoms with E-state index in [1.807, 2.05) is 0 Å². The maximum Gasteiger partial charge on any atom is 0.397 e. The van der Waals surface area contributed by atoms with Crippen LogP contribution in [0.2, 0.25) is 0 Å². The molecule has 0 aliphatic carbocycles. The van der Waals surface area contributed by atoms with Crippen LogP contribution in [0.1, 0.15) is 226 Å². The fourth-order valence-corrected chi connectivity index (χ4v) is 8.80. The lowest BCUT2D eigenvalue weighted by atomic mass is 9.99. The van der Waals surface area contributed by atoms with Crippen LogP contribution in [0.5, 0.6) is 0 Å². The van der Waals surface area contributed by atoms with Crippen molar-refractivity contribution in [2.45, 2.75) is 263 Å². The summed E-state index contributed by atoms with van der Waals surface area (Å²) in [5.74, 6) is -0.415. The number of carbonyl (C=O) groups is 1. The zero-order chi connectivity index (χ0) is 50.3. The van der Waals surface area contributed by atoms with Crippen LogP contribution in [0.4, 0.5) is 0 Å². The molecule has 0 radical (unpaired) electrons. The first-order chi connectivity index (χ1) is 33.6. The zero-order valence-corrected chi connectivity index (χ0v) is 44.2. The van der Waals surface area contributed by atoms with E-state index in [0.717, 1.165) is 83.5 Å². The van der Waals surface area contributed by atoms with Gasteiger partial charge in [0.1, 0.15) is 30.5 Å². The summed E-state index contributed by atoms with van der Waals surface area (Å²) in [6, 6.07) is 0. The van der Waals surface area contributed by atoms with E-state index < -0.39 is 59.8 Å². The van der Waals surface area contributed by atoms with Crippen molar-refractivity contribution in [1.29, 1.82) is 0 Å². The number of allylic oxidation sites excluding steroid dienone is 10. The largest absolute Gasteiger partial charge is 0.457 e. The molecule has 1 rings (SSSR count). The van der Waals surface area contributed by atoms with Gasteiger partial charge in [-0.3, -0.25) is 9.35 Å². The summed E-state index contributed by atoms with van der Waals surface area (Å²) in [5.41, 5.74) is 0. The van der Waals surface area contributed by atoms with Crippen LogP contribution in [0.25, 0.3) is 0 Å². The Hall–Kier alpha value is -2.20. The van der Waals surface area contributed by atoms with Gasteiger partial charge in [-0.15, -0.1) is 0 Å². The summed E-state index contributed by atoms with van der Waals surface area (Å²) in [6.07, 6.45) is 51.1. The van der Waals surface area contributed by atoms with E-state index in [9.17, 15) is 33.1 Å². The number of carbonyl (C=O) groups excluding carboxylic acids is 1. The number of rotatable bonds is 48. The Morgan fingerprint density at radius 3 is 1.46 bits per heavy atom. The number of aliphatic hydroxyl groups is 3. The highest BCUT2D eigenvalue weighted by molar-refractivity contribution is 7.80. The van der Waals surface area contributed by atoms with Crippen molar-refractivity contribution in [3.05, 3.63) is 60.8 Å². The third-order valence-electron chi connectivity index (χ3n) is 12.4. The Balaban J connectivity index is 2.34. The molecule has 1 saturated heterocycles. The maximum absolute atomic E-state index is 12.9. The summed E-state index contributed by atoms with van der Waals surface area (Å²) in [5, 5.41) is 30.8. The van der Waals surface area contributed by atoms with Crippen LogP contribution in [0.3, 0.4) is 0 Å². The molecule has 13 heteroatoms. The van der Waals surface area contributed by atoms with Crippen LogP contribution < -0.4 is 0 Å². The van der Waals surface area contributed by atoms with Gasteiger partial charge in [0.2, 0.25) is 0 Å². The normalized spacial score (nSPS) is 19.7. The van der Waals surface area contributed by atoms with E-state index in [1.54, 1.807) is 0 Å². The van der Waals surface area contributed by atoms with Gasteiger partial charge >= 0.3 is 16.4 Å². The monoisotopic (exact) mass is 997 g/mol. The first-order valence-corrected chi connectivity index (χ1v) is 28.9. The number of unbranched alkanes of at least 4 members (excludes halogenated alkanes) is 25. The van der Waals surface area contributed by atoms with Crippen molar-refractivity contribution in [1.82, 2.24) is 0 Å². The molecule has 1 fully saturated rings. The number of hydrogen-bond acceptors (Lipinski definition) is 11. The molecule has 0 aromatic rings. The Morgan fingerprint density at radius 1 is 0.565 bits per heavy atom. The van der Waals surface area contributed by atoms with Crippen LogP contribution in [0.15, 0.2) is 60.8 Å². The average Bonchev–Trinajstić information content (AvgIpc) is 3.32. The van der Waals surface area contributed by atoms with Crippen molar-refractivity contribution in [3.63, 3.8) is 0 Å². The van der Waals surface area contributed by atoms with Gasteiger partial charge in [-0.25, -0.2) is 4.18 Å². The Kier molecular flexibility index (Phi) is 44.0. The Morgan fingerprint density at radius 2 is 1.00 bits per heavy atom. The third-order valence-corrected chi connectivity index (χ3v) is 12.9. The van der Waals surface area contributed by atoms with Crippen LogP contribution in [0, 0.1) is 0 Å². The van der Waals surface area contributed by atoms with Gasteiger partial charge in [0, 0.05) is 13.0 Å². The Labute approximate surface area is 420 Å². The first kappa shape index (κ1) is 64.8. The second kappa shape index (κ2) is 46.8. The molecule has 69 heavy (non-hydrogen) atoms. The van der Waals surface area contributed by atoms with Crippen LogP contribution in [-0.2, 0) is 38.3 Å². The number of esters is 1. The third kappa shape index (κ3) is 40.0. The lowest BCUT2D eigenvalue weighted by Gasteiger charge is -2.41. The average molecular weight is 997 g/mol. The summed E-state index contributed by atoms with van der Waals surface area (Å²) in [7, 11) is -5.07. The number of aliphatic hydroxyl groups excluding tert-OH is 3. The second-order valence-corrected chi connectivity index (χ2v) is 19.8. The minimum Gasteiger partial charge on any atom is -0.457 e. The van der Waals surface area contributed by atoms with Gasteiger partial charge in [-0.05, 0) is 57.8 Å². The van der Waals surface area contributed by atoms with Gasteiger partial charge in [-0.1, -0.05) is 222 Å². The zero-order valence-electron chi connectivity index (χ0n) is 43.4. The van der Waals surface area contributed by atoms with Crippen molar-refractivity contribution in [2.24, 2.45) is 0 Å². The smallest absolute Gasteiger partial charge is 0.397 e. The molecule has 0 aromatic carbocycles. The van der Waals surface area contributed by atoms with E-state index in [2.05, 4.69) is 78.8 Å². The van der Waals surface area contributed by atoms with E-state index in [0.29, 0.717) is 13.0 Å². The van der Waals surface area contributed by atoms with Gasteiger partial charge < -0.3 is 34.3 Å². The first-order valence-electron chi connectivity index (χ1n) is 27.5. The molecular formula is C56H100O12S. The molecule has 1 aliphatic rings. The molecule has 6 unspecified atom stereocenters. The summed E-state index contributed by atoms with van der Waals surface area (Å²) in [6.45, 7) is 3.89. The number of hydrogen-bond donors (Lipinski definition) is 4. The van der Waals surface area contributed by atoms with E-state index in [4.69, 9.17) is 18.9 Å². The van der Waals surface area contributed by atoms with Crippen molar-refractivity contribution >= 4 is 16.4 Å². The summed E-state index contributed by atoms with van der Waals surface area (Å²) in [4.78, 5) is 12.9. The quantitative estimate of drug-likeness (QED) is 0.0197. The number of ether oxygens (including phenoxy) is 4. The highest BCUT2D eigenvalue weighted by Crippen LogP contribution is 2.26. The van der Waals surface area contributed by atoms with E-state index in [1.165, 1.54) is 116 Å². The molecule has 6 atom stereocenters. The molecule has 402 valence electrons. The molecule has 0 bridgehead atoms. The fourth-order valence-electron chi connectivity index (χ4n) is 8.29. The molecule has 4 N–H and O–H groups in total. The predicted molar refractivity (Wildman–Crippen MR) is 280 cm³/mol. The molecule has 0 aromatic heterocycles. The minimum absolute atomic E-state index is 0.0283. The van der Waals surface area contributed by atoms with Crippen LogP contribution in [-0.4, -0.2) is 97.5 Å². The van der Waals surface area contributed by atoms with E-state index in [-0.39, 0.29) is 19.6 Å². The van der Waals surface area contributed by atoms with Crippen molar-refractivity contribution in [3.8, 4) is 0 Å². The molecular weight excluding hydrogens is 897 g/mol. The van der Waals surface area contributed by atoms with Gasteiger partial charge in [-0.2, -0.15) is 8.42 Å². The van der Waals surface area contributed by atoms with Gasteiger partial charge in [0.05, 0.1) is 19.8 Å². The standard InChI is InChI=1S/C56H100O12S/c1-3-5-7-9-11-13-15-17-19-21-23-25-27-29-31-33-35-37-39-41-43-45-52(58)66-50(49-65-56-54(60)55(68-69(61,62)63)53(59)51(47-57)67-56)48-64-46-44-42-40-38-36-34-32-30-28-26-24-22-20-18-16-14-12-10-8-6-4-2/h5,7,11,13,17,19,23,25,29,31,50-51,53-57,59-60H,3-4,6,8-10,12,14-16,18,20-22,24,26-28,30,32-49H2,1-2H3,(H,61,62,63)/b7-5-,13-11-,19-17-,25-23-,31-29-. The highest BCUT2D eigenvalue weighted by Gasteiger charge is 2.48. The Bertz CT molecular complexity index is 1430. The van der Waals surface area contributed by atoms with Gasteiger partial charge in [0.25, 0.3) is 0 Å². The molecule has 1 heterocycles. The van der Waals surface area contributed by atoms with E-state index >= 15 is 0 Å². The second-order valence-electron chi connectivity index (χ2n) is 18.8. The predicted octanol–water partition coefficient (Wildman–Crippen LogP) is 13.3. The van der Waals surface area contributed by atoms with Crippen molar-refractivity contribution < 1.29 is 56.2 Å².